The monoisotopic (exact) mass is 573 g/mol. The van der Waals surface area contributed by atoms with E-state index in [0.717, 1.165) is 30.2 Å². The predicted molar refractivity (Wildman–Crippen MR) is 146 cm³/mol. The third kappa shape index (κ3) is 4.22. The van der Waals surface area contributed by atoms with Gasteiger partial charge in [-0.1, -0.05) is 30.7 Å². The highest BCUT2D eigenvalue weighted by atomic mass is 35.5. The molecule has 2 fully saturated rings. The lowest BCUT2D eigenvalue weighted by molar-refractivity contribution is -0.122. The van der Waals surface area contributed by atoms with Gasteiger partial charge >= 0.3 is 0 Å². The molecule has 1 aliphatic carbocycles. The molecule has 6 rings (SSSR count). The molecule has 38 heavy (non-hydrogen) atoms. The van der Waals surface area contributed by atoms with Gasteiger partial charge in [0.15, 0.2) is 9.84 Å². The lowest BCUT2D eigenvalue weighted by Gasteiger charge is -2.40. The number of benzene rings is 2. The number of anilines is 1. The third-order valence-electron chi connectivity index (χ3n) is 8.25. The van der Waals surface area contributed by atoms with E-state index in [2.05, 4.69) is 4.98 Å². The smallest absolute Gasteiger partial charge is 0.239 e. The van der Waals surface area contributed by atoms with E-state index in [1.54, 1.807) is 41.6 Å². The van der Waals surface area contributed by atoms with Gasteiger partial charge in [-0.15, -0.1) is 0 Å². The molecule has 3 aromatic rings. The summed E-state index contributed by atoms with van der Waals surface area (Å²) in [7, 11) is -7.00. The maximum atomic E-state index is 14.3. The summed E-state index contributed by atoms with van der Waals surface area (Å²) in [6.45, 7) is 2.63. The van der Waals surface area contributed by atoms with Crippen molar-refractivity contribution in [1.82, 2.24) is 9.29 Å². The van der Waals surface area contributed by atoms with Gasteiger partial charge in [0, 0.05) is 47.9 Å². The number of hydrogen-bond donors (Lipinski definition) is 0. The van der Waals surface area contributed by atoms with Crippen LogP contribution in [0.3, 0.4) is 0 Å². The highest BCUT2D eigenvalue weighted by molar-refractivity contribution is 7.90. The van der Waals surface area contributed by atoms with Crippen molar-refractivity contribution in [1.29, 1.82) is 0 Å². The number of carbonyl (C=O) groups excluding carboxylic acids is 1. The zero-order chi connectivity index (χ0) is 27.1. The molecule has 1 spiro atoms. The number of sulfone groups is 1. The first kappa shape index (κ1) is 25.7. The molecule has 200 valence electrons. The molecular formula is C27H28ClN3O5S2. The molecule has 0 bridgehead atoms. The lowest BCUT2D eigenvalue weighted by Crippen LogP contribution is -2.53. The van der Waals surface area contributed by atoms with Crippen LogP contribution in [0.5, 0.6) is 0 Å². The van der Waals surface area contributed by atoms with Gasteiger partial charge in [-0.3, -0.25) is 9.78 Å². The van der Waals surface area contributed by atoms with E-state index in [9.17, 15) is 21.6 Å². The number of rotatable bonds is 5. The largest absolute Gasteiger partial charge is 0.309 e. The normalized spacial score (nSPS) is 23.2. The Morgan fingerprint density at radius 3 is 2.50 bits per heavy atom. The summed E-state index contributed by atoms with van der Waals surface area (Å²) in [5.74, 6) is -0.132. The van der Waals surface area contributed by atoms with Crippen LogP contribution in [-0.2, 0) is 36.6 Å². The quantitative estimate of drug-likeness (QED) is 0.458. The summed E-state index contributed by atoms with van der Waals surface area (Å²) in [5, 5.41) is 1.80. The summed E-state index contributed by atoms with van der Waals surface area (Å²) in [6, 6.07) is 10.1. The van der Waals surface area contributed by atoms with Gasteiger partial charge in [-0.2, -0.15) is 4.31 Å². The molecule has 1 atom stereocenters. The topological polar surface area (TPSA) is 105 Å². The zero-order valence-corrected chi connectivity index (χ0v) is 23.5. The fraction of sp³-hybridized carbons (Fsp3) is 0.407. The number of halogens is 1. The van der Waals surface area contributed by atoms with Gasteiger partial charge in [-0.05, 0) is 60.1 Å². The van der Waals surface area contributed by atoms with E-state index < -0.39 is 25.3 Å². The predicted octanol–water partition coefficient (Wildman–Crippen LogP) is 3.91. The van der Waals surface area contributed by atoms with Crippen LogP contribution in [0.25, 0.3) is 10.8 Å². The van der Waals surface area contributed by atoms with Crippen molar-refractivity contribution in [3.8, 4) is 0 Å². The number of amides is 1. The summed E-state index contributed by atoms with van der Waals surface area (Å²) >= 11 is 6.37. The minimum absolute atomic E-state index is 0.0600. The van der Waals surface area contributed by atoms with Gasteiger partial charge < -0.3 is 4.90 Å². The van der Waals surface area contributed by atoms with E-state index in [1.165, 1.54) is 10.4 Å². The second-order valence-corrected chi connectivity index (χ2v) is 15.7. The minimum atomic E-state index is -3.59. The van der Waals surface area contributed by atoms with E-state index in [4.69, 9.17) is 11.6 Å². The van der Waals surface area contributed by atoms with Crippen molar-refractivity contribution >= 4 is 53.8 Å². The maximum absolute atomic E-state index is 14.3. The summed E-state index contributed by atoms with van der Waals surface area (Å²) < 4.78 is 52.7. The van der Waals surface area contributed by atoms with E-state index in [-0.39, 0.29) is 35.1 Å². The van der Waals surface area contributed by atoms with Gasteiger partial charge in [-0.25, -0.2) is 16.8 Å². The van der Waals surface area contributed by atoms with Crippen LogP contribution in [0.2, 0.25) is 5.02 Å². The zero-order valence-electron chi connectivity index (χ0n) is 21.1. The number of aromatic nitrogens is 1. The molecule has 2 aromatic carbocycles. The number of fused-ring (bicyclic) bond motifs is 3. The second-order valence-electron chi connectivity index (χ2n) is 11.2. The Labute approximate surface area is 227 Å². The molecule has 1 unspecified atom stereocenters. The average molecular weight is 574 g/mol. The maximum Gasteiger partial charge on any atom is 0.239 e. The highest BCUT2D eigenvalue weighted by Crippen LogP contribution is 2.49. The number of sulfonamides is 1. The Bertz CT molecular complexity index is 1720. The van der Waals surface area contributed by atoms with Crippen LogP contribution < -0.4 is 4.90 Å². The molecule has 1 amide bonds. The molecule has 1 saturated heterocycles. The molecule has 3 aliphatic rings. The average Bonchev–Trinajstić information content (AvgIpc) is 3.49. The Morgan fingerprint density at radius 2 is 1.79 bits per heavy atom. The lowest BCUT2D eigenvalue weighted by atomic mass is 9.74. The molecule has 0 radical (unpaired) electrons. The summed E-state index contributed by atoms with van der Waals surface area (Å²) in [5.41, 5.74) is 0.851. The van der Waals surface area contributed by atoms with E-state index in [1.807, 2.05) is 13.0 Å². The SMILES string of the molecule is CC1(CS(=O)(=O)N2Cc3ccc(Cl)cc3C3(CCN(c4cncc5cc(S(C)(=O)=O)ccc45)C3=O)C2)CC1. The van der Waals surface area contributed by atoms with Crippen LogP contribution in [0, 0.1) is 5.41 Å². The first-order valence-corrected chi connectivity index (χ1v) is 16.4. The van der Waals surface area contributed by atoms with Gasteiger partial charge in [0.25, 0.3) is 0 Å². The third-order valence-corrected chi connectivity index (χ3v) is 11.7. The molecular weight excluding hydrogens is 546 g/mol. The van der Waals surface area contributed by atoms with Crippen LogP contribution in [0.15, 0.2) is 53.7 Å². The van der Waals surface area contributed by atoms with E-state index in [0.29, 0.717) is 34.4 Å². The number of pyridine rings is 1. The van der Waals surface area contributed by atoms with Crippen molar-refractivity contribution in [2.45, 2.75) is 43.0 Å². The van der Waals surface area contributed by atoms with Gasteiger partial charge in [0.2, 0.25) is 15.9 Å². The molecule has 1 saturated carbocycles. The molecule has 0 N–H and O–H groups in total. The standard InChI is InChI=1S/C27H28ClN3O5S2/c1-26(7-8-26)17-38(35,36)30-15-18-3-4-20(28)12-23(18)27(16-30)9-10-31(25(27)32)24-14-29-13-19-11-21(37(2,33)34)5-6-22(19)24/h3-6,11-14H,7-10,15-17H2,1-2H3. The van der Waals surface area contributed by atoms with Gasteiger partial charge in [0.05, 0.1) is 27.9 Å². The molecule has 2 aliphatic heterocycles. The van der Waals surface area contributed by atoms with Crippen LogP contribution in [0.1, 0.15) is 37.3 Å². The second kappa shape index (κ2) is 8.48. The van der Waals surface area contributed by atoms with Crippen molar-refractivity contribution in [2.75, 3.05) is 30.0 Å². The first-order chi connectivity index (χ1) is 17.8. The highest BCUT2D eigenvalue weighted by Gasteiger charge is 2.55. The molecule has 1 aromatic heterocycles. The van der Waals surface area contributed by atoms with Crippen LogP contribution in [0.4, 0.5) is 5.69 Å². The number of carbonyl (C=O) groups is 1. The molecule has 3 heterocycles. The Balaban J connectivity index is 1.43. The Kier molecular flexibility index (Phi) is 5.74. The van der Waals surface area contributed by atoms with Crippen molar-refractivity contribution < 1.29 is 21.6 Å². The van der Waals surface area contributed by atoms with Gasteiger partial charge in [0.1, 0.15) is 0 Å². The Hall–Kier alpha value is -2.53. The number of hydrogen-bond acceptors (Lipinski definition) is 6. The van der Waals surface area contributed by atoms with Crippen LogP contribution >= 0.6 is 11.6 Å². The molecule has 8 nitrogen and oxygen atoms in total. The minimum Gasteiger partial charge on any atom is -0.309 e. The number of nitrogens with zero attached hydrogens (tertiary/aromatic N) is 3. The van der Waals surface area contributed by atoms with E-state index >= 15 is 0 Å². The van der Waals surface area contributed by atoms with Crippen LogP contribution in [-0.4, -0.2) is 57.1 Å². The van der Waals surface area contributed by atoms with Crippen molar-refractivity contribution in [3.05, 3.63) is 64.9 Å². The fourth-order valence-electron chi connectivity index (χ4n) is 5.83. The Morgan fingerprint density at radius 1 is 1.03 bits per heavy atom. The van der Waals surface area contributed by atoms with Crippen molar-refractivity contribution in [3.63, 3.8) is 0 Å². The molecule has 11 heteroatoms. The summed E-state index contributed by atoms with van der Waals surface area (Å²) in [6.07, 6.45) is 6.52. The fourth-order valence-corrected chi connectivity index (χ4v) is 8.76. The van der Waals surface area contributed by atoms with Crippen molar-refractivity contribution in [2.24, 2.45) is 5.41 Å². The summed E-state index contributed by atoms with van der Waals surface area (Å²) in [4.78, 5) is 20.5. The first-order valence-electron chi connectivity index (χ1n) is 12.5.